The highest BCUT2D eigenvalue weighted by atomic mass is 15.2. The van der Waals surface area contributed by atoms with Crippen LogP contribution in [0.1, 0.15) is 13.3 Å². The molecular weight excluding hydrogens is 202 g/mol. The fraction of sp³-hybridized carbons (Fsp3) is 1.00. The standard InChI is InChI=1S/C11H29N5/c1-2-5-14-7-10-16(9-4-13)11-8-15-6-3-12/h14-15H,2-13H2,1H3. The average Bonchev–Trinajstić information content (AvgIpc) is 2.30. The third-order valence-electron chi connectivity index (χ3n) is 2.40. The van der Waals surface area contributed by atoms with Crippen LogP contribution >= 0.6 is 0 Å². The predicted molar refractivity (Wildman–Crippen MR) is 70.6 cm³/mol. The van der Waals surface area contributed by atoms with E-state index in [1.54, 1.807) is 0 Å². The molecule has 0 spiro atoms. The van der Waals surface area contributed by atoms with Gasteiger partial charge in [0.15, 0.2) is 0 Å². The van der Waals surface area contributed by atoms with Crippen LogP contribution in [-0.4, -0.2) is 63.8 Å². The molecular formula is C11H29N5. The first-order valence-electron chi connectivity index (χ1n) is 6.39. The minimum atomic E-state index is 0.703. The summed E-state index contributed by atoms with van der Waals surface area (Å²) in [5, 5.41) is 6.70. The molecule has 98 valence electrons. The monoisotopic (exact) mass is 231 g/mol. The Morgan fingerprint density at radius 1 is 0.812 bits per heavy atom. The molecule has 5 nitrogen and oxygen atoms in total. The van der Waals surface area contributed by atoms with Gasteiger partial charge in [-0.1, -0.05) is 6.92 Å². The summed E-state index contributed by atoms with van der Waals surface area (Å²) >= 11 is 0. The fourth-order valence-electron chi connectivity index (χ4n) is 1.52. The van der Waals surface area contributed by atoms with Gasteiger partial charge in [-0.3, -0.25) is 4.90 Å². The van der Waals surface area contributed by atoms with Crippen molar-refractivity contribution in [1.29, 1.82) is 0 Å². The summed E-state index contributed by atoms with van der Waals surface area (Å²) in [6.07, 6.45) is 1.19. The van der Waals surface area contributed by atoms with Gasteiger partial charge in [0.1, 0.15) is 0 Å². The Morgan fingerprint density at radius 3 is 1.94 bits per heavy atom. The van der Waals surface area contributed by atoms with Crippen molar-refractivity contribution >= 4 is 0 Å². The average molecular weight is 231 g/mol. The van der Waals surface area contributed by atoms with Crippen LogP contribution in [0, 0.1) is 0 Å². The van der Waals surface area contributed by atoms with Gasteiger partial charge in [0.2, 0.25) is 0 Å². The van der Waals surface area contributed by atoms with Crippen LogP contribution in [0.15, 0.2) is 0 Å². The molecule has 0 amide bonds. The minimum absolute atomic E-state index is 0.703. The molecule has 5 heteroatoms. The fourth-order valence-corrected chi connectivity index (χ4v) is 1.52. The maximum Gasteiger partial charge on any atom is 0.0108 e. The molecule has 0 bridgehead atoms. The van der Waals surface area contributed by atoms with Gasteiger partial charge in [0, 0.05) is 52.4 Å². The van der Waals surface area contributed by atoms with E-state index in [1.807, 2.05) is 0 Å². The molecule has 0 aliphatic carbocycles. The molecule has 0 aliphatic heterocycles. The smallest absolute Gasteiger partial charge is 0.0108 e. The third-order valence-corrected chi connectivity index (χ3v) is 2.40. The number of rotatable bonds is 12. The maximum atomic E-state index is 5.59. The van der Waals surface area contributed by atoms with E-state index < -0.39 is 0 Å². The summed E-state index contributed by atoms with van der Waals surface area (Å²) in [6, 6.07) is 0. The number of hydrogen-bond donors (Lipinski definition) is 4. The SMILES string of the molecule is CCCNCCN(CCN)CCNCCN. The molecule has 0 heterocycles. The van der Waals surface area contributed by atoms with Crippen LogP contribution in [0.5, 0.6) is 0 Å². The number of nitrogens with zero attached hydrogens (tertiary/aromatic N) is 1. The van der Waals surface area contributed by atoms with Crippen LogP contribution in [0.2, 0.25) is 0 Å². The topological polar surface area (TPSA) is 79.3 Å². The highest BCUT2D eigenvalue weighted by Gasteiger charge is 2.02. The second kappa shape index (κ2) is 12.9. The minimum Gasteiger partial charge on any atom is -0.329 e. The molecule has 0 saturated carbocycles. The lowest BCUT2D eigenvalue weighted by molar-refractivity contribution is 0.280. The zero-order valence-electron chi connectivity index (χ0n) is 10.7. The summed E-state index contributed by atoms with van der Waals surface area (Å²) in [5.74, 6) is 0. The van der Waals surface area contributed by atoms with E-state index in [2.05, 4.69) is 22.5 Å². The molecule has 0 aromatic carbocycles. The van der Waals surface area contributed by atoms with Gasteiger partial charge >= 0.3 is 0 Å². The van der Waals surface area contributed by atoms with Gasteiger partial charge in [-0.05, 0) is 13.0 Å². The summed E-state index contributed by atoms with van der Waals surface area (Å²) in [6.45, 7) is 10.7. The van der Waals surface area contributed by atoms with Gasteiger partial charge in [0.05, 0.1) is 0 Å². The lowest BCUT2D eigenvalue weighted by atomic mass is 10.4. The largest absolute Gasteiger partial charge is 0.329 e. The van der Waals surface area contributed by atoms with Gasteiger partial charge in [-0.25, -0.2) is 0 Å². The quantitative estimate of drug-likeness (QED) is 0.317. The van der Waals surface area contributed by atoms with Gasteiger partial charge < -0.3 is 22.1 Å². The van der Waals surface area contributed by atoms with Crippen molar-refractivity contribution in [2.75, 3.05) is 58.9 Å². The normalized spacial score (nSPS) is 11.2. The molecule has 0 radical (unpaired) electrons. The molecule has 0 aliphatic rings. The Labute approximate surface area is 99.9 Å². The first-order chi connectivity index (χ1) is 7.85. The number of hydrogen-bond acceptors (Lipinski definition) is 5. The van der Waals surface area contributed by atoms with Crippen LogP contribution in [0.3, 0.4) is 0 Å². The Balaban J connectivity index is 3.45. The molecule has 6 N–H and O–H groups in total. The van der Waals surface area contributed by atoms with Crippen molar-refractivity contribution in [2.45, 2.75) is 13.3 Å². The van der Waals surface area contributed by atoms with E-state index in [0.29, 0.717) is 6.54 Å². The van der Waals surface area contributed by atoms with E-state index in [-0.39, 0.29) is 0 Å². The first-order valence-corrected chi connectivity index (χ1v) is 6.39. The third kappa shape index (κ3) is 10.3. The Hall–Kier alpha value is -0.200. The van der Waals surface area contributed by atoms with Crippen molar-refractivity contribution in [3.63, 3.8) is 0 Å². The molecule has 0 aromatic rings. The molecule has 0 unspecified atom stereocenters. The zero-order chi connectivity index (χ0) is 12.1. The van der Waals surface area contributed by atoms with Crippen molar-refractivity contribution in [1.82, 2.24) is 15.5 Å². The number of nitrogens with one attached hydrogen (secondary N) is 2. The van der Waals surface area contributed by atoms with E-state index >= 15 is 0 Å². The molecule has 0 fully saturated rings. The highest BCUT2D eigenvalue weighted by Crippen LogP contribution is 1.85. The van der Waals surface area contributed by atoms with Crippen molar-refractivity contribution < 1.29 is 0 Å². The second-order valence-corrected chi connectivity index (χ2v) is 3.92. The second-order valence-electron chi connectivity index (χ2n) is 3.92. The van der Waals surface area contributed by atoms with E-state index in [1.165, 1.54) is 6.42 Å². The first kappa shape index (κ1) is 15.8. The van der Waals surface area contributed by atoms with Gasteiger partial charge in [-0.15, -0.1) is 0 Å². The summed E-state index contributed by atoms with van der Waals surface area (Å²) < 4.78 is 0. The van der Waals surface area contributed by atoms with E-state index in [0.717, 1.165) is 52.4 Å². The van der Waals surface area contributed by atoms with E-state index in [4.69, 9.17) is 11.5 Å². The Bertz CT molecular complexity index is 120. The molecule has 0 atom stereocenters. The van der Waals surface area contributed by atoms with Gasteiger partial charge in [-0.2, -0.15) is 0 Å². The Morgan fingerprint density at radius 2 is 1.44 bits per heavy atom. The maximum absolute atomic E-state index is 5.59. The molecule has 0 saturated heterocycles. The highest BCUT2D eigenvalue weighted by molar-refractivity contribution is 4.62. The van der Waals surface area contributed by atoms with Crippen LogP contribution in [0.4, 0.5) is 0 Å². The number of nitrogens with two attached hydrogens (primary N) is 2. The summed E-state index contributed by atoms with van der Waals surface area (Å²) in [5.41, 5.74) is 11.0. The van der Waals surface area contributed by atoms with E-state index in [9.17, 15) is 0 Å². The molecule has 16 heavy (non-hydrogen) atoms. The van der Waals surface area contributed by atoms with Crippen LogP contribution in [-0.2, 0) is 0 Å². The lowest BCUT2D eigenvalue weighted by Gasteiger charge is -2.21. The lowest BCUT2D eigenvalue weighted by Crippen LogP contribution is -2.40. The predicted octanol–water partition coefficient (Wildman–Crippen LogP) is -1.20. The van der Waals surface area contributed by atoms with Crippen LogP contribution in [0.25, 0.3) is 0 Å². The molecule has 0 rings (SSSR count). The summed E-state index contributed by atoms with van der Waals surface area (Å²) in [4.78, 5) is 2.38. The van der Waals surface area contributed by atoms with Crippen LogP contribution < -0.4 is 22.1 Å². The summed E-state index contributed by atoms with van der Waals surface area (Å²) in [7, 11) is 0. The van der Waals surface area contributed by atoms with Crippen molar-refractivity contribution in [3.8, 4) is 0 Å². The molecule has 0 aromatic heterocycles. The van der Waals surface area contributed by atoms with Gasteiger partial charge in [0.25, 0.3) is 0 Å². The van der Waals surface area contributed by atoms with Crippen molar-refractivity contribution in [3.05, 3.63) is 0 Å². The Kier molecular flexibility index (Phi) is 12.7. The zero-order valence-corrected chi connectivity index (χ0v) is 10.7. The van der Waals surface area contributed by atoms with Crippen molar-refractivity contribution in [2.24, 2.45) is 11.5 Å².